The zero-order chi connectivity index (χ0) is 19.1. The van der Waals surface area contributed by atoms with E-state index in [0.717, 1.165) is 48.8 Å². The van der Waals surface area contributed by atoms with Gasteiger partial charge >= 0.3 is 0 Å². The van der Waals surface area contributed by atoms with Crippen LogP contribution in [0.3, 0.4) is 0 Å². The summed E-state index contributed by atoms with van der Waals surface area (Å²) in [6, 6.07) is 5.80. The smallest absolute Gasteiger partial charge is 0.226 e. The largest absolute Gasteiger partial charge is 0.490 e. The highest BCUT2D eigenvalue weighted by Crippen LogP contribution is 2.32. The Morgan fingerprint density at radius 2 is 2.04 bits per heavy atom. The number of hydrogen-bond donors (Lipinski definition) is 2. The van der Waals surface area contributed by atoms with Crippen LogP contribution in [0.2, 0.25) is 0 Å². The van der Waals surface area contributed by atoms with Gasteiger partial charge in [-0.05, 0) is 18.6 Å². The summed E-state index contributed by atoms with van der Waals surface area (Å²) in [5, 5.41) is 10.5. The van der Waals surface area contributed by atoms with E-state index in [9.17, 15) is 0 Å². The van der Waals surface area contributed by atoms with E-state index in [2.05, 4.69) is 25.8 Å². The molecule has 1 aliphatic rings. The quantitative estimate of drug-likeness (QED) is 0.457. The second kappa shape index (κ2) is 9.25. The number of rotatable bonds is 6. The Bertz CT molecular complexity index is 772. The number of nitrogens with zero attached hydrogens (tertiary/aromatic N) is 3. The first-order chi connectivity index (χ1) is 13.2. The first-order valence-corrected chi connectivity index (χ1v) is 9.35. The van der Waals surface area contributed by atoms with Crippen LogP contribution < -0.4 is 20.1 Å². The van der Waals surface area contributed by atoms with Gasteiger partial charge in [0.25, 0.3) is 0 Å². The number of guanidine groups is 1. The van der Waals surface area contributed by atoms with Crippen molar-refractivity contribution < 1.29 is 14.0 Å². The van der Waals surface area contributed by atoms with Gasteiger partial charge in [-0.2, -0.15) is 4.98 Å². The predicted octanol–water partition coefficient (Wildman–Crippen LogP) is 2.97. The van der Waals surface area contributed by atoms with Gasteiger partial charge in [-0.1, -0.05) is 19.0 Å². The summed E-state index contributed by atoms with van der Waals surface area (Å²) in [6.07, 6.45) is 2.48. The third-order valence-corrected chi connectivity index (χ3v) is 4.09. The Kier molecular flexibility index (Phi) is 6.51. The fraction of sp³-hybridized carbons (Fsp3) is 0.526. The van der Waals surface area contributed by atoms with Crippen molar-refractivity contribution >= 4 is 11.6 Å². The number of aromatic nitrogens is 2. The third kappa shape index (κ3) is 5.35. The summed E-state index contributed by atoms with van der Waals surface area (Å²) in [5.41, 5.74) is 0.894. The molecule has 3 rings (SSSR count). The molecule has 0 saturated carbocycles. The molecule has 1 aromatic carbocycles. The summed E-state index contributed by atoms with van der Waals surface area (Å²) in [4.78, 5) is 8.64. The lowest BCUT2D eigenvalue weighted by atomic mass is 10.2. The minimum atomic E-state index is 0.277. The number of nitrogens with one attached hydrogen (secondary N) is 2. The van der Waals surface area contributed by atoms with Crippen LogP contribution in [0.15, 0.2) is 27.7 Å². The molecule has 8 nitrogen and oxygen atoms in total. The second-order valence-corrected chi connectivity index (χ2v) is 6.64. The highest BCUT2D eigenvalue weighted by atomic mass is 16.5. The van der Waals surface area contributed by atoms with Gasteiger partial charge in [0, 0.05) is 44.1 Å². The molecule has 2 N–H and O–H groups in total. The molecule has 0 unspecified atom stereocenters. The molecule has 0 atom stereocenters. The van der Waals surface area contributed by atoms with Crippen LogP contribution in [-0.2, 0) is 6.42 Å². The van der Waals surface area contributed by atoms with Crippen LogP contribution in [-0.4, -0.2) is 42.9 Å². The molecule has 0 bridgehead atoms. The number of anilines is 1. The summed E-state index contributed by atoms with van der Waals surface area (Å²) in [7, 11) is 1.74. The maximum atomic E-state index is 5.72. The van der Waals surface area contributed by atoms with E-state index >= 15 is 0 Å². The SMILES string of the molecule is CN=C(NCCCc1nc(C(C)C)no1)Nc1ccc2c(c1)OCCCO2. The van der Waals surface area contributed by atoms with Crippen LogP contribution in [0.25, 0.3) is 0 Å². The zero-order valence-electron chi connectivity index (χ0n) is 16.1. The van der Waals surface area contributed by atoms with Crippen LogP contribution in [0.4, 0.5) is 5.69 Å². The van der Waals surface area contributed by atoms with Gasteiger partial charge < -0.3 is 24.6 Å². The van der Waals surface area contributed by atoms with E-state index in [4.69, 9.17) is 14.0 Å². The van der Waals surface area contributed by atoms with Crippen molar-refractivity contribution in [3.63, 3.8) is 0 Å². The van der Waals surface area contributed by atoms with Gasteiger partial charge in [0.05, 0.1) is 13.2 Å². The Hall–Kier alpha value is -2.77. The van der Waals surface area contributed by atoms with Crippen molar-refractivity contribution in [3.05, 3.63) is 29.9 Å². The van der Waals surface area contributed by atoms with Gasteiger partial charge in [-0.3, -0.25) is 4.99 Å². The Morgan fingerprint density at radius 1 is 1.22 bits per heavy atom. The Morgan fingerprint density at radius 3 is 2.78 bits per heavy atom. The molecule has 0 aliphatic carbocycles. The van der Waals surface area contributed by atoms with Gasteiger partial charge in [0.15, 0.2) is 23.3 Å². The number of fused-ring (bicyclic) bond motifs is 1. The molecular weight excluding hydrogens is 346 g/mol. The molecule has 1 aliphatic heterocycles. The molecule has 27 heavy (non-hydrogen) atoms. The molecule has 1 aromatic heterocycles. The molecule has 0 radical (unpaired) electrons. The van der Waals surface area contributed by atoms with Gasteiger partial charge in [0.2, 0.25) is 5.89 Å². The molecule has 0 saturated heterocycles. The van der Waals surface area contributed by atoms with E-state index in [-0.39, 0.29) is 5.92 Å². The monoisotopic (exact) mass is 373 g/mol. The lowest BCUT2D eigenvalue weighted by molar-refractivity contribution is 0.297. The van der Waals surface area contributed by atoms with E-state index in [0.29, 0.717) is 25.1 Å². The number of aryl methyl sites for hydroxylation is 1. The maximum Gasteiger partial charge on any atom is 0.226 e. The second-order valence-electron chi connectivity index (χ2n) is 6.64. The van der Waals surface area contributed by atoms with Crippen LogP contribution in [0.5, 0.6) is 11.5 Å². The molecule has 2 heterocycles. The predicted molar refractivity (Wildman–Crippen MR) is 104 cm³/mol. The maximum absolute atomic E-state index is 5.72. The molecule has 0 fully saturated rings. The minimum absolute atomic E-state index is 0.277. The normalized spacial score (nSPS) is 14.1. The van der Waals surface area contributed by atoms with Crippen LogP contribution >= 0.6 is 0 Å². The molecule has 146 valence electrons. The standard InChI is InChI=1S/C19H27N5O3/c1-13(2)18-23-17(27-24-18)6-4-9-21-19(20-3)22-14-7-8-15-16(12-14)26-11-5-10-25-15/h7-8,12-13H,4-6,9-11H2,1-3H3,(H2,20,21,22). The summed E-state index contributed by atoms with van der Waals surface area (Å²) in [6.45, 7) is 6.18. The lowest BCUT2D eigenvalue weighted by Gasteiger charge is -2.13. The molecule has 8 heteroatoms. The number of aliphatic imine (C=N–C) groups is 1. The van der Waals surface area contributed by atoms with Crippen molar-refractivity contribution in [2.24, 2.45) is 4.99 Å². The number of benzene rings is 1. The van der Waals surface area contributed by atoms with E-state index in [1.807, 2.05) is 32.0 Å². The van der Waals surface area contributed by atoms with Crippen molar-refractivity contribution in [1.29, 1.82) is 0 Å². The summed E-state index contributed by atoms with van der Waals surface area (Å²) < 4.78 is 16.6. The van der Waals surface area contributed by atoms with Crippen LogP contribution in [0.1, 0.15) is 44.3 Å². The average Bonchev–Trinajstić information content (AvgIpc) is 3.02. The van der Waals surface area contributed by atoms with Crippen molar-refractivity contribution in [3.8, 4) is 11.5 Å². The van der Waals surface area contributed by atoms with Gasteiger partial charge in [-0.15, -0.1) is 0 Å². The molecular formula is C19H27N5O3. The minimum Gasteiger partial charge on any atom is -0.490 e. The first kappa shape index (κ1) is 19.0. The van der Waals surface area contributed by atoms with E-state index < -0.39 is 0 Å². The van der Waals surface area contributed by atoms with Crippen molar-refractivity contribution in [2.45, 2.75) is 39.0 Å². The molecule has 2 aromatic rings. The topological polar surface area (TPSA) is 93.8 Å². The third-order valence-electron chi connectivity index (χ3n) is 4.09. The average molecular weight is 373 g/mol. The lowest BCUT2D eigenvalue weighted by Crippen LogP contribution is -2.31. The Balaban J connectivity index is 1.47. The number of ether oxygens (including phenoxy) is 2. The summed E-state index contributed by atoms with van der Waals surface area (Å²) >= 11 is 0. The van der Waals surface area contributed by atoms with Crippen molar-refractivity contribution in [1.82, 2.24) is 15.5 Å². The van der Waals surface area contributed by atoms with Crippen molar-refractivity contribution in [2.75, 3.05) is 32.1 Å². The first-order valence-electron chi connectivity index (χ1n) is 9.35. The highest BCUT2D eigenvalue weighted by Gasteiger charge is 2.12. The van der Waals surface area contributed by atoms with Gasteiger partial charge in [0.1, 0.15) is 0 Å². The van der Waals surface area contributed by atoms with E-state index in [1.54, 1.807) is 7.05 Å². The highest BCUT2D eigenvalue weighted by molar-refractivity contribution is 5.93. The Labute approximate surface area is 159 Å². The van der Waals surface area contributed by atoms with E-state index in [1.165, 1.54) is 0 Å². The summed E-state index contributed by atoms with van der Waals surface area (Å²) in [5.74, 6) is 3.93. The van der Waals surface area contributed by atoms with Gasteiger partial charge in [-0.25, -0.2) is 0 Å². The van der Waals surface area contributed by atoms with Crippen LogP contribution in [0, 0.1) is 0 Å². The molecule has 0 amide bonds. The fourth-order valence-electron chi connectivity index (χ4n) is 2.61. The zero-order valence-corrected chi connectivity index (χ0v) is 16.1. The molecule has 0 spiro atoms. The fourth-order valence-corrected chi connectivity index (χ4v) is 2.61. The number of hydrogen-bond acceptors (Lipinski definition) is 6.